The molecule has 1 saturated heterocycles. The number of amides is 1. The van der Waals surface area contributed by atoms with E-state index in [1.54, 1.807) is 12.1 Å². The van der Waals surface area contributed by atoms with Crippen molar-refractivity contribution < 1.29 is 9.18 Å². The monoisotopic (exact) mass is 477 g/mol. The number of aryl methyl sites for hydroxylation is 1. The fraction of sp³-hybridized carbons (Fsp3) is 0.462. The van der Waals surface area contributed by atoms with Crippen molar-refractivity contribution in [2.24, 2.45) is 0 Å². The molecule has 2 N–H and O–H groups in total. The van der Waals surface area contributed by atoms with Crippen LogP contribution in [0.4, 0.5) is 16.0 Å². The smallest absolute Gasteiger partial charge is 0.253 e. The number of benzene rings is 1. The largest absolute Gasteiger partial charge is 0.345 e. The minimum Gasteiger partial charge on any atom is -0.345 e. The van der Waals surface area contributed by atoms with Crippen LogP contribution in [0.3, 0.4) is 0 Å². The van der Waals surface area contributed by atoms with E-state index in [2.05, 4.69) is 37.2 Å². The molecule has 5 rings (SSSR count). The summed E-state index contributed by atoms with van der Waals surface area (Å²) in [5, 5.41) is 3.14. The van der Waals surface area contributed by atoms with Crippen LogP contribution in [0, 0.1) is 12.7 Å². The van der Waals surface area contributed by atoms with Crippen LogP contribution >= 0.6 is 0 Å². The van der Waals surface area contributed by atoms with E-state index in [1.807, 2.05) is 24.0 Å². The van der Waals surface area contributed by atoms with Crippen LogP contribution in [0.2, 0.25) is 0 Å². The summed E-state index contributed by atoms with van der Waals surface area (Å²) in [6.07, 6.45) is 6.93. The molecule has 3 heterocycles. The first-order valence-corrected chi connectivity index (χ1v) is 12.4. The average Bonchev–Trinajstić information content (AvgIpc) is 3.27. The van der Waals surface area contributed by atoms with E-state index in [0.717, 1.165) is 56.2 Å². The first-order chi connectivity index (χ1) is 17.0. The van der Waals surface area contributed by atoms with Gasteiger partial charge in [-0.15, -0.1) is 0 Å². The lowest BCUT2D eigenvalue weighted by molar-refractivity contribution is 0.0664. The molecule has 2 aromatic heterocycles. The van der Waals surface area contributed by atoms with E-state index in [9.17, 15) is 9.18 Å². The van der Waals surface area contributed by atoms with Crippen LogP contribution in [0.5, 0.6) is 0 Å². The van der Waals surface area contributed by atoms with Gasteiger partial charge in [0.1, 0.15) is 17.2 Å². The maximum Gasteiger partial charge on any atom is 0.253 e. The van der Waals surface area contributed by atoms with Crippen LogP contribution in [0.1, 0.15) is 59.9 Å². The summed E-state index contributed by atoms with van der Waals surface area (Å²) in [6, 6.07) is 7.24. The molecule has 1 amide bonds. The summed E-state index contributed by atoms with van der Waals surface area (Å²) < 4.78 is 14.8. The second kappa shape index (κ2) is 10.1. The van der Waals surface area contributed by atoms with E-state index < -0.39 is 5.82 Å². The second-order valence-electron chi connectivity index (χ2n) is 9.61. The highest BCUT2D eigenvalue weighted by Gasteiger charge is 2.25. The van der Waals surface area contributed by atoms with E-state index in [0.29, 0.717) is 17.2 Å². The number of carbonyl (C=O) groups is 1. The van der Waals surface area contributed by atoms with Crippen LogP contribution in [-0.4, -0.2) is 68.9 Å². The molecule has 1 saturated carbocycles. The number of H-pyrrole nitrogens is 1. The molecule has 8 nitrogen and oxygen atoms in total. The second-order valence-corrected chi connectivity index (χ2v) is 9.61. The number of rotatable bonds is 5. The Balaban J connectivity index is 1.33. The zero-order chi connectivity index (χ0) is 24.4. The molecule has 0 radical (unpaired) electrons. The Hall–Kier alpha value is -3.33. The molecule has 9 heteroatoms. The number of aromatic nitrogens is 4. The predicted octanol–water partition coefficient (Wildman–Crippen LogP) is 4.49. The minimum absolute atomic E-state index is 0.0362. The van der Waals surface area contributed by atoms with Gasteiger partial charge in [0, 0.05) is 49.0 Å². The molecule has 2 aliphatic rings. The molecular formula is C26H32FN7O. The highest BCUT2D eigenvalue weighted by atomic mass is 19.1. The third-order valence-corrected chi connectivity index (χ3v) is 7.01. The van der Waals surface area contributed by atoms with Gasteiger partial charge in [-0.05, 0) is 51.1 Å². The zero-order valence-electron chi connectivity index (χ0n) is 20.4. The number of imidazole rings is 1. The third kappa shape index (κ3) is 5.19. The van der Waals surface area contributed by atoms with Crippen molar-refractivity contribution in [2.45, 2.75) is 44.9 Å². The zero-order valence-corrected chi connectivity index (χ0v) is 20.4. The molecule has 1 aliphatic heterocycles. The maximum absolute atomic E-state index is 14.8. The number of halogens is 1. The van der Waals surface area contributed by atoms with Crippen molar-refractivity contribution in [3.8, 4) is 11.4 Å². The Morgan fingerprint density at radius 2 is 1.74 bits per heavy atom. The lowest BCUT2D eigenvalue weighted by Crippen LogP contribution is -2.47. The highest BCUT2D eigenvalue weighted by molar-refractivity contribution is 5.94. The molecule has 1 aromatic carbocycles. The molecule has 0 atom stereocenters. The van der Waals surface area contributed by atoms with E-state index in [1.165, 1.54) is 25.5 Å². The fourth-order valence-electron chi connectivity index (χ4n) is 4.99. The van der Waals surface area contributed by atoms with Gasteiger partial charge in [0.05, 0.1) is 6.20 Å². The summed E-state index contributed by atoms with van der Waals surface area (Å²) in [5.41, 5.74) is 3.12. The number of nitrogens with zero attached hydrogens (tertiary/aromatic N) is 5. The van der Waals surface area contributed by atoms with Gasteiger partial charge in [0.2, 0.25) is 5.95 Å². The number of hydrogen-bond acceptors (Lipinski definition) is 6. The van der Waals surface area contributed by atoms with E-state index in [-0.39, 0.29) is 17.5 Å². The van der Waals surface area contributed by atoms with Crippen LogP contribution in [0.15, 0.2) is 30.5 Å². The topological polar surface area (TPSA) is 90.0 Å². The molecule has 2 fully saturated rings. The number of piperazine rings is 1. The van der Waals surface area contributed by atoms with Gasteiger partial charge >= 0.3 is 0 Å². The first-order valence-electron chi connectivity index (χ1n) is 12.4. The number of anilines is 2. The lowest BCUT2D eigenvalue weighted by Gasteiger charge is -2.32. The highest BCUT2D eigenvalue weighted by Crippen LogP contribution is 2.37. The number of aromatic amines is 1. The Morgan fingerprint density at radius 3 is 2.46 bits per heavy atom. The van der Waals surface area contributed by atoms with E-state index >= 15 is 0 Å². The van der Waals surface area contributed by atoms with Gasteiger partial charge in [-0.2, -0.15) is 0 Å². The van der Waals surface area contributed by atoms with Crippen LogP contribution in [0.25, 0.3) is 11.4 Å². The fourth-order valence-corrected chi connectivity index (χ4v) is 4.99. The van der Waals surface area contributed by atoms with Crippen molar-refractivity contribution >= 4 is 17.5 Å². The van der Waals surface area contributed by atoms with E-state index in [4.69, 9.17) is 0 Å². The molecular weight excluding hydrogens is 445 g/mol. The summed E-state index contributed by atoms with van der Waals surface area (Å²) in [4.78, 5) is 33.5. The molecule has 0 bridgehead atoms. The molecule has 0 spiro atoms. The minimum atomic E-state index is -0.493. The standard InChI is InChI=1S/C26H32FN7O/c1-17-29-22(18-6-4-3-5-7-18)24(30-17)23-21(27)16-28-26(32-23)31-20-10-8-19(9-11-20)25(35)34-14-12-33(2)13-15-34/h8-11,16,18H,3-7,12-15H2,1-2H3,(H,29,30)(H,28,31,32). The number of carbonyl (C=O) groups excluding carboxylic acids is 1. The Morgan fingerprint density at radius 1 is 1.03 bits per heavy atom. The van der Waals surface area contributed by atoms with Gasteiger partial charge in [-0.25, -0.2) is 19.3 Å². The summed E-state index contributed by atoms with van der Waals surface area (Å²) >= 11 is 0. The van der Waals surface area contributed by atoms with Gasteiger partial charge in [-0.3, -0.25) is 4.79 Å². The summed E-state index contributed by atoms with van der Waals surface area (Å²) in [7, 11) is 2.06. The summed E-state index contributed by atoms with van der Waals surface area (Å²) in [5.74, 6) is 0.931. The first kappa shape index (κ1) is 23.4. The molecule has 1 aliphatic carbocycles. The Bertz CT molecular complexity index is 1180. The average molecular weight is 478 g/mol. The third-order valence-electron chi connectivity index (χ3n) is 7.01. The van der Waals surface area contributed by atoms with Gasteiger partial charge < -0.3 is 20.1 Å². The number of hydrogen-bond donors (Lipinski definition) is 2. The normalized spacial score (nSPS) is 17.5. The number of nitrogens with one attached hydrogen (secondary N) is 2. The van der Waals surface area contributed by atoms with Crippen molar-refractivity contribution in [3.63, 3.8) is 0 Å². The maximum atomic E-state index is 14.8. The SMILES string of the molecule is Cc1nc(-c2nc(Nc3ccc(C(=O)N4CCN(C)CC4)cc3)ncc2F)c(C2CCCCC2)[nH]1. The predicted molar refractivity (Wildman–Crippen MR) is 133 cm³/mol. The van der Waals surface area contributed by atoms with Gasteiger partial charge in [0.15, 0.2) is 5.82 Å². The van der Waals surface area contributed by atoms with Crippen molar-refractivity contribution in [3.05, 3.63) is 53.4 Å². The van der Waals surface area contributed by atoms with Gasteiger partial charge in [0.25, 0.3) is 5.91 Å². The van der Waals surface area contributed by atoms with Gasteiger partial charge in [-0.1, -0.05) is 19.3 Å². The van der Waals surface area contributed by atoms with Crippen molar-refractivity contribution in [1.82, 2.24) is 29.7 Å². The quantitative estimate of drug-likeness (QED) is 0.563. The van der Waals surface area contributed by atoms with Crippen molar-refractivity contribution in [1.29, 1.82) is 0 Å². The Kier molecular flexibility index (Phi) is 6.77. The Labute approximate surface area is 205 Å². The molecule has 35 heavy (non-hydrogen) atoms. The lowest BCUT2D eigenvalue weighted by atomic mass is 9.86. The molecule has 184 valence electrons. The van der Waals surface area contributed by atoms with Crippen LogP contribution < -0.4 is 5.32 Å². The summed E-state index contributed by atoms with van der Waals surface area (Å²) in [6.45, 7) is 5.12. The van der Waals surface area contributed by atoms with Crippen LogP contribution in [-0.2, 0) is 0 Å². The number of likely N-dealkylation sites (N-methyl/N-ethyl adjacent to an activating group) is 1. The van der Waals surface area contributed by atoms with Crippen molar-refractivity contribution in [2.75, 3.05) is 38.5 Å². The molecule has 0 unspecified atom stereocenters. The molecule has 3 aromatic rings.